The van der Waals surface area contributed by atoms with E-state index < -0.39 is 6.04 Å². The number of ether oxygens (including phenoxy) is 1. The van der Waals surface area contributed by atoms with E-state index in [1.165, 1.54) is 7.11 Å². The maximum absolute atomic E-state index is 12.9. The van der Waals surface area contributed by atoms with Crippen LogP contribution < -0.4 is 10.6 Å². The maximum atomic E-state index is 12.9. The van der Waals surface area contributed by atoms with Crippen LogP contribution in [0.25, 0.3) is 0 Å². The van der Waals surface area contributed by atoms with Crippen molar-refractivity contribution in [2.75, 3.05) is 19.0 Å². The van der Waals surface area contributed by atoms with Crippen LogP contribution in [0, 0.1) is 13.8 Å². The van der Waals surface area contributed by atoms with Crippen molar-refractivity contribution in [3.63, 3.8) is 0 Å². The van der Waals surface area contributed by atoms with Crippen molar-refractivity contribution >= 4 is 17.6 Å². The highest BCUT2D eigenvalue weighted by Gasteiger charge is 2.20. The summed E-state index contributed by atoms with van der Waals surface area (Å²) in [5.74, 6) is -0.370. The summed E-state index contributed by atoms with van der Waals surface area (Å²) in [5.41, 5.74) is 3.80. The quantitative estimate of drug-likeness (QED) is 0.562. The molecule has 26 heavy (non-hydrogen) atoms. The number of nitrogens with one attached hydrogen (secondary N) is 2. The molecule has 5 heteroatoms. The SMILES string of the molecule is COC(=O)CCCN[C@@H](C(=O)Nc1cc(C)ccc1C)c1ccccc1. The molecule has 0 aliphatic rings. The Morgan fingerprint density at radius 2 is 1.81 bits per heavy atom. The number of carbonyl (C=O) groups is 2. The average Bonchev–Trinajstić information content (AvgIpc) is 2.65. The number of rotatable bonds is 8. The molecule has 0 heterocycles. The van der Waals surface area contributed by atoms with E-state index in [-0.39, 0.29) is 11.9 Å². The van der Waals surface area contributed by atoms with Crippen molar-refractivity contribution in [2.45, 2.75) is 32.7 Å². The lowest BCUT2D eigenvalue weighted by Crippen LogP contribution is -2.34. The molecular weight excluding hydrogens is 328 g/mol. The summed E-state index contributed by atoms with van der Waals surface area (Å²) in [6, 6.07) is 15.0. The number of amides is 1. The Morgan fingerprint density at radius 1 is 1.08 bits per heavy atom. The number of carbonyl (C=O) groups excluding carboxylic acids is 2. The van der Waals surface area contributed by atoms with Gasteiger partial charge in [-0.3, -0.25) is 9.59 Å². The number of methoxy groups -OCH3 is 1. The van der Waals surface area contributed by atoms with Crippen molar-refractivity contribution in [3.05, 3.63) is 65.2 Å². The van der Waals surface area contributed by atoms with Crippen LogP contribution >= 0.6 is 0 Å². The summed E-state index contributed by atoms with van der Waals surface area (Å²) >= 11 is 0. The third-order valence-corrected chi connectivity index (χ3v) is 4.18. The first-order valence-corrected chi connectivity index (χ1v) is 8.74. The van der Waals surface area contributed by atoms with E-state index in [0.717, 1.165) is 22.4 Å². The Labute approximate surface area is 154 Å². The lowest BCUT2D eigenvalue weighted by Gasteiger charge is -2.20. The van der Waals surface area contributed by atoms with Crippen LogP contribution in [0.4, 0.5) is 5.69 Å². The van der Waals surface area contributed by atoms with E-state index in [2.05, 4.69) is 15.4 Å². The normalized spacial score (nSPS) is 11.7. The smallest absolute Gasteiger partial charge is 0.305 e. The topological polar surface area (TPSA) is 67.4 Å². The van der Waals surface area contributed by atoms with Gasteiger partial charge < -0.3 is 15.4 Å². The van der Waals surface area contributed by atoms with E-state index >= 15 is 0 Å². The molecule has 0 spiro atoms. The number of hydrogen-bond donors (Lipinski definition) is 2. The summed E-state index contributed by atoms with van der Waals surface area (Å²) in [7, 11) is 1.38. The molecule has 1 amide bonds. The Bertz CT molecular complexity index is 744. The molecule has 0 fully saturated rings. The minimum absolute atomic E-state index is 0.122. The minimum atomic E-state index is -0.492. The van der Waals surface area contributed by atoms with Gasteiger partial charge in [-0.05, 0) is 49.6 Å². The first-order chi connectivity index (χ1) is 12.5. The number of aryl methyl sites for hydroxylation is 2. The number of esters is 1. The molecule has 0 saturated heterocycles. The van der Waals surface area contributed by atoms with Gasteiger partial charge in [0.15, 0.2) is 0 Å². The van der Waals surface area contributed by atoms with Crippen LogP contribution in [0.2, 0.25) is 0 Å². The van der Waals surface area contributed by atoms with Gasteiger partial charge in [0.1, 0.15) is 6.04 Å². The molecule has 0 aliphatic carbocycles. The van der Waals surface area contributed by atoms with Gasteiger partial charge in [0.05, 0.1) is 7.11 Å². The van der Waals surface area contributed by atoms with Gasteiger partial charge in [-0.1, -0.05) is 42.5 Å². The van der Waals surface area contributed by atoms with Gasteiger partial charge in [0.25, 0.3) is 0 Å². The highest BCUT2D eigenvalue weighted by Crippen LogP contribution is 2.20. The largest absolute Gasteiger partial charge is 0.469 e. The first kappa shape index (κ1) is 19.7. The van der Waals surface area contributed by atoms with Crippen LogP contribution in [0.5, 0.6) is 0 Å². The molecular formula is C21H26N2O3. The highest BCUT2D eigenvalue weighted by atomic mass is 16.5. The standard InChI is InChI=1S/C21H26N2O3/c1-15-11-12-16(2)18(14-15)23-21(25)20(17-8-5-4-6-9-17)22-13-7-10-19(24)26-3/h4-6,8-9,11-12,14,20,22H,7,10,13H2,1-3H3,(H,23,25)/t20-/m1/s1. The predicted molar refractivity (Wildman–Crippen MR) is 103 cm³/mol. The van der Waals surface area contributed by atoms with E-state index in [0.29, 0.717) is 19.4 Å². The molecule has 0 saturated carbocycles. The number of benzene rings is 2. The second-order valence-corrected chi connectivity index (χ2v) is 6.29. The van der Waals surface area contributed by atoms with Gasteiger partial charge >= 0.3 is 5.97 Å². The van der Waals surface area contributed by atoms with Crippen LogP contribution in [-0.2, 0) is 14.3 Å². The molecule has 138 valence electrons. The molecule has 0 radical (unpaired) electrons. The zero-order chi connectivity index (χ0) is 18.9. The van der Waals surface area contributed by atoms with Crippen LogP contribution in [-0.4, -0.2) is 25.5 Å². The monoisotopic (exact) mass is 354 g/mol. The molecule has 0 aromatic heterocycles. The maximum Gasteiger partial charge on any atom is 0.305 e. The zero-order valence-corrected chi connectivity index (χ0v) is 15.5. The van der Waals surface area contributed by atoms with Gasteiger partial charge in [-0.2, -0.15) is 0 Å². The summed E-state index contributed by atoms with van der Waals surface area (Å²) in [5, 5.41) is 6.27. The minimum Gasteiger partial charge on any atom is -0.469 e. The Morgan fingerprint density at radius 3 is 2.50 bits per heavy atom. The summed E-state index contributed by atoms with van der Waals surface area (Å²) in [6.45, 7) is 4.50. The molecule has 0 aliphatic heterocycles. The van der Waals surface area contributed by atoms with Gasteiger partial charge in [-0.15, -0.1) is 0 Å². The summed E-state index contributed by atoms with van der Waals surface area (Å²) in [6.07, 6.45) is 0.927. The van der Waals surface area contributed by atoms with Crippen LogP contribution in [0.3, 0.4) is 0 Å². The Kier molecular flexibility index (Phi) is 7.36. The molecule has 2 aromatic carbocycles. The number of hydrogen-bond acceptors (Lipinski definition) is 4. The molecule has 2 N–H and O–H groups in total. The molecule has 0 bridgehead atoms. The Balaban J connectivity index is 2.08. The van der Waals surface area contributed by atoms with Gasteiger partial charge in [0.2, 0.25) is 5.91 Å². The predicted octanol–water partition coefficient (Wildman–Crippen LogP) is 3.53. The fraction of sp³-hybridized carbons (Fsp3) is 0.333. The van der Waals surface area contributed by atoms with Crippen LogP contribution in [0.15, 0.2) is 48.5 Å². The molecule has 0 unspecified atom stereocenters. The summed E-state index contributed by atoms with van der Waals surface area (Å²) < 4.78 is 4.65. The first-order valence-electron chi connectivity index (χ1n) is 8.74. The number of anilines is 1. The third kappa shape index (κ3) is 5.70. The van der Waals surface area contributed by atoms with Crippen molar-refractivity contribution in [1.82, 2.24) is 5.32 Å². The van der Waals surface area contributed by atoms with Crippen molar-refractivity contribution in [3.8, 4) is 0 Å². The van der Waals surface area contributed by atoms with E-state index in [1.54, 1.807) is 0 Å². The van der Waals surface area contributed by atoms with Crippen molar-refractivity contribution < 1.29 is 14.3 Å². The molecule has 2 rings (SSSR count). The lowest BCUT2D eigenvalue weighted by atomic mass is 10.0. The molecule has 2 aromatic rings. The van der Waals surface area contributed by atoms with Crippen molar-refractivity contribution in [1.29, 1.82) is 0 Å². The van der Waals surface area contributed by atoms with E-state index in [1.807, 2.05) is 62.4 Å². The second-order valence-electron chi connectivity index (χ2n) is 6.29. The fourth-order valence-electron chi connectivity index (χ4n) is 2.66. The lowest BCUT2D eigenvalue weighted by molar-refractivity contribution is -0.140. The van der Waals surface area contributed by atoms with Crippen LogP contribution in [0.1, 0.15) is 35.6 Å². The second kappa shape index (κ2) is 9.73. The summed E-state index contributed by atoms with van der Waals surface area (Å²) in [4.78, 5) is 24.1. The molecule has 5 nitrogen and oxygen atoms in total. The van der Waals surface area contributed by atoms with Gasteiger partial charge in [0, 0.05) is 12.1 Å². The highest BCUT2D eigenvalue weighted by molar-refractivity contribution is 5.96. The zero-order valence-electron chi connectivity index (χ0n) is 15.5. The van der Waals surface area contributed by atoms with E-state index in [4.69, 9.17) is 0 Å². The Hall–Kier alpha value is -2.66. The van der Waals surface area contributed by atoms with E-state index in [9.17, 15) is 9.59 Å². The van der Waals surface area contributed by atoms with Gasteiger partial charge in [-0.25, -0.2) is 0 Å². The van der Waals surface area contributed by atoms with Crippen molar-refractivity contribution in [2.24, 2.45) is 0 Å². The average molecular weight is 354 g/mol. The third-order valence-electron chi connectivity index (χ3n) is 4.18. The molecule has 1 atom stereocenters. The fourth-order valence-corrected chi connectivity index (χ4v) is 2.66.